The Morgan fingerprint density at radius 1 is 1.03 bits per heavy atom. The van der Waals surface area contributed by atoms with E-state index in [1.54, 1.807) is 24.3 Å². The number of nitrogens with zero attached hydrogens (tertiary/aromatic N) is 2. The van der Waals surface area contributed by atoms with Gasteiger partial charge in [-0.05, 0) is 35.2 Å². The summed E-state index contributed by atoms with van der Waals surface area (Å²) in [4.78, 5) is 23.0. The number of rotatable bonds is 9. The number of benzene rings is 3. The molecule has 3 aromatic rings. The third kappa shape index (κ3) is 6.39. The number of anilines is 1. The molecule has 33 heavy (non-hydrogen) atoms. The van der Waals surface area contributed by atoms with Gasteiger partial charge in [-0.25, -0.2) is 8.42 Å². The highest BCUT2D eigenvalue weighted by atomic mass is 32.2. The van der Waals surface area contributed by atoms with Crippen molar-refractivity contribution in [1.82, 2.24) is 5.32 Å². The van der Waals surface area contributed by atoms with Gasteiger partial charge in [-0.1, -0.05) is 55.5 Å². The quantitative estimate of drug-likeness (QED) is 0.376. The topological polar surface area (TPSA) is 110 Å². The second-order valence-corrected chi connectivity index (χ2v) is 9.67. The van der Waals surface area contributed by atoms with Crippen LogP contribution in [-0.4, -0.2) is 32.0 Å². The van der Waals surface area contributed by atoms with Crippen molar-refractivity contribution in [3.8, 4) is 0 Å². The Morgan fingerprint density at radius 3 is 2.30 bits per heavy atom. The highest BCUT2D eigenvalue weighted by Gasteiger charge is 2.20. The number of hydrogen-bond donors (Lipinski definition) is 1. The highest BCUT2D eigenvalue weighted by Crippen LogP contribution is 2.25. The Morgan fingerprint density at radius 2 is 1.70 bits per heavy atom. The van der Waals surface area contributed by atoms with E-state index in [4.69, 9.17) is 0 Å². The minimum atomic E-state index is -3.70. The molecule has 172 valence electrons. The molecule has 1 N–H and O–H groups in total. The van der Waals surface area contributed by atoms with Gasteiger partial charge in [0.05, 0.1) is 23.4 Å². The number of nitrogens with one attached hydrogen (secondary N) is 1. The molecule has 3 rings (SSSR count). The van der Waals surface area contributed by atoms with Gasteiger partial charge in [-0.3, -0.25) is 19.2 Å². The third-order valence-corrected chi connectivity index (χ3v) is 6.35. The smallest absolute Gasteiger partial charge is 0.271 e. The van der Waals surface area contributed by atoms with E-state index in [2.05, 4.69) is 5.32 Å². The molecule has 0 saturated carbocycles. The van der Waals surface area contributed by atoms with E-state index >= 15 is 0 Å². The van der Waals surface area contributed by atoms with Crippen LogP contribution in [0.4, 0.5) is 11.4 Å². The van der Waals surface area contributed by atoms with Crippen LogP contribution in [0.1, 0.15) is 34.3 Å². The number of sulfonamides is 1. The van der Waals surface area contributed by atoms with Crippen molar-refractivity contribution >= 4 is 27.3 Å². The SMILES string of the molecule is C[C@H](CNC(=O)c1ccc(CN(c2cccc([N+](=O)[O-])c2)S(C)(=O)=O)cc1)c1ccccc1. The van der Waals surface area contributed by atoms with Crippen LogP contribution >= 0.6 is 0 Å². The average molecular weight is 468 g/mol. The fourth-order valence-electron chi connectivity index (χ4n) is 3.34. The molecule has 0 unspecified atom stereocenters. The maximum Gasteiger partial charge on any atom is 0.271 e. The van der Waals surface area contributed by atoms with E-state index in [1.807, 2.05) is 37.3 Å². The zero-order valence-electron chi connectivity index (χ0n) is 18.3. The molecular weight excluding hydrogens is 442 g/mol. The Hall–Kier alpha value is -3.72. The Labute approximate surface area is 193 Å². The lowest BCUT2D eigenvalue weighted by molar-refractivity contribution is -0.384. The van der Waals surface area contributed by atoms with Gasteiger partial charge in [0.2, 0.25) is 10.0 Å². The third-order valence-electron chi connectivity index (χ3n) is 5.21. The van der Waals surface area contributed by atoms with Gasteiger partial charge < -0.3 is 5.32 Å². The fraction of sp³-hybridized carbons (Fsp3) is 0.208. The van der Waals surface area contributed by atoms with Crippen molar-refractivity contribution in [3.63, 3.8) is 0 Å². The van der Waals surface area contributed by atoms with Crippen LogP contribution in [0.5, 0.6) is 0 Å². The number of carbonyl (C=O) groups is 1. The second-order valence-electron chi connectivity index (χ2n) is 7.77. The summed E-state index contributed by atoms with van der Waals surface area (Å²) in [6, 6.07) is 22.0. The molecule has 0 fully saturated rings. The van der Waals surface area contributed by atoms with E-state index in [-0.39, 0.29) is 29.7 Å². The standard InChI is InChI=1S/C24H25N3O5S/c1-18(20-7-4-3-5-8-20)16-25-24(28)21-13-11-19(12-14-21)17-26(33(2,31)32)22-9-6-10-23(15-22)27(29)30/h3-15,18H,16-17H2,1-2H3,(H,25,28)/t18-/m1/s1. The number of non-ortho nitro benzene ring substituents is 1. The molecular formula is C24H25N3O5S. The van der Waals surface area contributed by atoms with Crippen molar-refractivity contribution < 1.29 is 18.1 Å². The van der Waals surface area contributed by atoms with Gasteiger partial charge in [-0.15, -0.1) is 0 Å². The number of amides is 1. The van der Waals surface area contributed by atoms with Crippen molar-refractivity contribution in [3.05, 3.63) is 106 Å². The van der Waals surface area contributed by atoms with Gasteiger partial charge in [0, 0.05) is 24.2 Å². The molecule has 1 atom stereocenters. The number of nitro benzene ring substituents is 1. The van der Waals surface area contributed by atoms with Crippen LogP contribution < -0.4 is 9.62 Å². The molecule has 0 bridgehead atoms. The summed E-state index contributed by atoms with van der Waals surface area (Å²) in [6.07, 6.45) is 1.04. The molecule has 0 radical (unpaired) electrons. The lowest BCUT2D eigenvalue weighted by Crippen LogP contribution is -2.29. The van der Waals surface area contributed by atoms with Crippen molar-refractivity contribution in [1.29, 1.82) is 0 Å². The number of hydrogen-bond acceptors (Lipinski definition) is 5. The predicted molar refractivity (Wildman–Crippen MR) is 128 cm³/mol. The highest BCUT2D eigenvalue weighted by molar-refractivity contribution is 7.92. The lowest BCUT2D eigenvalue weighted by Gasteiger charge is -2.22. The molecule has 0 spiro atoms. The van der Waals surface area contributed by atoms with E-state index in [1.165, 1.54) is 24.3 Å². The summed E-state index contributed by atoms with van der Waals surface area (Å²) in [5, 5.41) is 14.0. The molecule has 0 saturated heterocycles. The van der Waals surface area contributed by atoms with Crippen LogP contribution in [-0.2, 0) is 16.6 Å². The first-order valence-corrected chi connectivity index (χ1v) is 12.1. The van der Waals surface area contributed by atoms with Crippen molar-refractivity contribution in [2.24, 2.45) is 0 Å². The van der Waals surface area contributed by atoms with E-state index in [0.717, 1.165) is 16.1 Å². The maximum atomic E-state index is 12.5. The summed E-state index contributed by atoms with van der Waals surface area (Å²) in [5.74, 6) is -0.0596. The van der Waals surface area contributed by atoms with Crippen molar-refractivity contribution in [2.45, 2.75) is 19.4 Å². The zero-order valence-corrected chi connectivity index (χ0v) is 19.2. The van der Waals surface area contributed by atoms with Gasteiger partial charge in [0.25, 0.3) is 11.6 Å². The molecule has 9 heteroatoms. The summed E-state index contributed by atoms with van der Waals surface area (Å²) in [7, 11) is -3.70. The molecule has 1 amide bonds. The molecule has 0 aliphatic heterocycles. The van der Waals surface area contributed by atoms with Gasteiger partial charge in [0.15, 0.2) is 0 Å². The summed E-state index contributed by atoms with van der Waals surface area (Å²) in [6.45, 7) is 2.50. The fourth-order valence-corrected chi connectivity index (χ4v) is 4.22. The summed E-state index contributed by atoms with van der Waals surface area (Å²) < 4.78 is 25.8. The van der Waals surface area contributed by atoms with Crippen LogP contribution in [0.2, 0.25) is 0 Å². The van der Waals surface area contributed by atoms with Gasteiger partial charge in [-0.2, -0.15) is 0 Å². The summed E-state index contributed by atoms with van der Waals surface area (Å²) >= 11 is 0. The Bertz CT molecular complexity index is 1230. The molecule has 3 aromatic carbocycles. The van der Waals surface area contributed by atoms with Gasteiger partial charge in [0.1, 0.15) is 0 Å². The number of nitro groups is 1. The largest absolute Gasteiger partial charge is 0.351 e. The predicted octanol–water partition coefficient (Wildman–Crippen LogP) is 4.09. The first kappa shape index (κ1) is 23.9. The normalized spacial score (nSPS) is 12.1. The Balaban J connectivity index is 1.69. The van der Waals surface area contributed by atoms with E-state index in [0.29, 0.717) is 17.7 Å². The lowest BCUT2D eigenvalue weighted by atomic mass is 10.0. The second kappa shape index (κ2) is 10.3. The van der Waals surface area contributed by atoms with Crippen LogP contribution in [0.15, 0.2) is 78.9 Å². The van der Waals surface area contributed by atoms with E-state index in [9.17, 15) is 23.3 Å². The maximum absolute atomic E-state index is 12.5. The first-order valence-electron chi connectivity index (χ1n) is 10.3. The minimum absolute atomic E-state index is 0.0209. The average Bonchev–Trinajstić information content (AvgIpc) is 2.81. The van der Waals surface area contributed by atoms with Gasteiger partial charge >= 0.3 is 0 Å². The van der Waals surface area contributed by atoms with E-state index < -0.39 is 14.9 Å². The van der Waals surface area contributed by atoms with Crippen LogP contribution in [0.3, 0.4) is 0 Å². The minimum Gasteiger partial charge on any atom is -0.351 e. The first-order chi connectivity index (χ1) is 15.6. The van der Waals surface area contributed by atoms with Crippen LogP contribution in [0, 0.1) is 10.1 Å². The zero-order chi connectivity index (χ0) is 24.0. The molecule has 0 aliphatic rings. The Kier molecular flexibility index (Phi) is 7.44. The number of carbonyl (C=O) groups excluding carboxylic acids is 1. The van der Waals surface area contributed by atoms with Crippen LogP contribution in [0.25, 0.3) is 0 Å². The molecule has 0 heterocycles. The molecule has 0 aromatic heterocycles. The molecule has 0 aliphatic carbocycles. The van der Waals surface area contributed by atoms with Crippen molar-refractivity contribution in [2.75, 3.05) is 17.1 Å². The monoisotopic (exact) mass is 467 g/mol. The summed E-state index contributed by atoms with van der Waals surface area (Å²) in [5.41, 5.74) is 2.23. The molecule has 8 nitrogen and oxygen atoms in total.